The number of rotatable bonds is 2. The van der Waals surface area contributed by atoms with Gasteiger partial charge in [-0.1, -0.05) is 37.0 Å². The van der Waals surface area contributed by atoms with Crippen molar-refractivity contribution in [2.75, 3.05) is 0 Å². The molecule has 1 fully saturated rings. The van der Waals surface area contributed by atoms with Crippen LogP contribution in [0.1, 0.15) is 54.4 Å². The zero-order valence-electron chi connectivity index (χ0n) is 11.5. The molecule has 2 rings (SSSR count). The molecule has 0 bridgehead atoms. The molecule has 0 spiro atoms. The van der Waals surface area contributed by atoms with Gasteiger partial charge in [-0.2, -0.15) is 0 Å². The Morgan fingerprint density at radius 3 is 2.00 bits per heavy atom. The average molecular weight is 246 g/mol. The monoisotopic (exact) mass is 246 g/mol. The summed E-state index contributed by atoms with van der Waals surface area (Å²) in [4.78, 5) is 11.9. The molecule has 0 heterocycles. The van der Waals surface area contributed by atoms with Gasteiger partial charge in [-0.25, -0.2) is 0 Å². The van der Waals surface area contributed by atoms with E-state index in [1.165, 1.54) is 12.0 Å². The largest absolute Gasteiger partial charge is 0.481 e. The molecule has 1 aromatic carbocycles. The summed E-state index contributed by atoms with van der Waals surface area (Å²) in [5.74, 6) is -0.641. The lowest BCUT2D eigenvalue weighted by Gasteiger charge is -2.36. The van der Waals surface area contributed by atoms with Gasteiger partial charge in [-0.3, -0.25) is 4.79 Å². The third-order valence-electron chi connectivity index (χ3n) is 4.27. The SMILES string of the molecule is Cc1cc(C)c(C2(C(=O)O)CCCCC2)c(C)c1. The van der Waals surface area contributed by atoms with E-state index in [-0.39, 0.29) is 0 Å². The number of benzene rings is 1. The van der Waals surface area contributed by atoms with Crippen LogP contribution in [-0.4, -0.2) is 11.1 Å². The lowest BCUT2D eigenvalue weighted by Crippen LogP contribution is -2.39. The van der Waals surface area contributed by atoms with E-state index in [0.29, 0.717) is 0 Å². The predicted molar refractivity (Wildman–Crippen MR) is 73.1 cm³/mol. The number of carboxylic acid groups (broad SMARTS) is 1. The Morgan fingerprint density at radius 2 is 1.56 bits per heavy atom. The van der Waals surface area contributed by atoms with Crippen LogP contribution in [0.2, 0.25) is 0 Å². The molecular formula is C16H22O2. The second kappa shape index (κ2) is 4.75. The van der Waals surface area contributed by atoms with Crippen molar-refractivity contribution in [2.24, 2.45) is 0 Å². The minimum absolute atomic E-state index is 0.639. The molecule has 0 saturated heterocycles. The van der Waals surface area contributed by atoms with Gasteiger partial charge < -0.3 is 5.11 Å². The van der Waals surface area contributed by atoms with Crippen molar-refractivity contribution >= 4 is 5.97 Å². The van der Waals surface area contributed by atoms with E-state index >= 15 is 0 Å². The van der Waals surface area contributed by atoms with E-state index in [4.69, 9.17) is 0 Å². The van der Waals surface area contributed by atoms with Crippen LogP contribution in [0.15, 0.2) is 12.1 Å². The first-order valence-corrected chi connectivity index (χ1v) is 6.79. The number of hydrogen-bond donors (Lipinski definition) is 1. The minimum atomic E-state index is -0.641. The van der Waals surface area contributed by atoms with Crippen LogP contribution in [0.25, 0.3) is 0 Å². The Balaban J connectivity index is 2.59. The summed E-state index contributed by atoms with van der Waals surface area (Å²) >= 11 is 0. The van der Waals surface area contributed by atoms with Crippen molar-refractivity contribution in [2.45, 2.75) is 58.3 Å². The molecule has 98 valence electrons. The van der Waals surface area contributed by atoms with E-state index < -0.39 is 11.4 Å². The van der Waals surface area contributed by atoms with E-state index in [9.17, 15) is 9.90 Å². The first-order chi connectivity index (χ1) is 8.47. The van der Waals surface area contributed by atoms with Crippen molar-refractivity contribution in [3.63, 3.8) is 0 Å². The molecule has 18 heavy (non-hydrogen) atoms. The van der Waals surface area contributed by atoms with Crippen molar-refractivity contribution in [3.8, 4) is 0 Å². The Morgan fingerprint density at radius 1 is 1.06 bits per heavy atom. The third-order valence-corrected chi connectivity index (χ3v) is 4.27. The molecule has 1 aliphatic rings. The summed E-state index contributed by atoms with van der Waals surface area (Å²) in [7, 11) is 0. The van der Waals surface area contributed by atoms with Crippen molar-refractivity contribution < 1.29 is 9.90 Å². The standard InChI is InChI=1S/C16H22O2/c1-11-9-12(2)14(13(3)10-11)16(15(17)18)7-5-4-6-8-16/h9-10H,4-8H2,1-3H3,(H,17,18). The summed E-state index contributed by atoms with van der Waals surface area (Å²) in [5.41, 5.74) is 3.92. The van der Waals surface area contributed by atoms with Crippen LogP contribution in [0.5, 0.6) is 0 Å². The molecule has 1 aliphatic carbocycles. The molecule has 0 aliphatic heterocycles. The van der Waals surface area contributed by atoms with Gasteiger partial charge in [-0.15, -0.1) is 0 Å². The van der Waals surface area contributed by atoms with Crippen molar-refractivity contribution in [1.29, 1.82) is 0 Å². The maximum atomic E-state index is 11.9. The van der Waals surface area contributed by atoms with Gasteiger partial charge in [0.15, 0.2) is 0 Å². The first-order valence-electron chi connectivity index (χ1n) is 6.79. The second-order valence-corrected chi connectivity index (χ2v) is 5.72. The Bertz CT molecular complexity index is 445. The highest BCUT2D eigenvalue weighted by Gasteiger charge is 2.43. The van der Waals surface area contributed by atoms with Crippen LogP contribution < -0.4 is 0 Å². The molecule has 1 N–H and O–H groups in total. The minimum Gasteiger partial charge on any atom is -0.481 e. The van der Waals surface area contributed by atoms with Gasteiger partial charge in [0.25, 0.3) is 0 Å². The summed E-state index contributed by atoms with van der Waals surface area (Å²) in [6.07, 6.45) is 4.79. The van der Waals surface area contributed by atoms with Crippen LogP contribution in [0.4, 0.5) is 0 Å². The fourth-order valence-electron chi connectivity index (χ4n) is 3.66. The van der Waals surface area contributed by atoms with Gasteiger partial charge in [-0.05, 0) is 50.3 Å². The van der Waals surface area contributed by atoms with Crippen LogP contribution in [-0.2, 0) is 10.2 Å². The Kier molecular flexibility index (Phi) is 3.47. The molecule has 0 radical (unpaired) electrons. The lowest BCUT2D eigenvalue weighted by atomic mass is 9.67. The summed E-state index contributed by atoms with van der Waals surface area (Å²) < 4.78 is 0. The number of carboxylic acids is 1. The Hall–Kier alpha value is -1.31. The quantitative estimate of drug-likeness (QED) is 0.859. The normalized spacial score (nSPS) is 18.6. The van der Waals surface area contributed by atoms with Gasteiger partial charge in [0, 0.05) is 0 Å². The highest BCUT2D eigenvalue weighted by molar-refractivity contribution is 5.82. The number of aliphatic carboxylic acids is 1. The number of carbonyl (C=O) groups is 1. The summed E-state index contributed by atoms with van der Waals surface area (Å²) in [6, 6.07) is 4.23. The topological polar surface area (TPSA) is 37.3 Å². The van der Waals surface area contributed by atoms with Crippen LogP contribution in [0.3, 0.4) is 0 Å². The zero-order valence-corrected chi connectivity index (χ0v) is 11.5. The van der Waals surface area contributed by atoms with E-state index in [1.54, 1.807) is 0 Å². The predicted octanol–water partition coefficient (Wildman–Crippen LogP) is 3.90. The maximum absolute atomic E-state index is 11.9. The lowest BCUT2D eigenvalue weighted by molar-refractivity contribution is -0.145. The molecule has 1 saturated carbocycles. The molecule has 0 atom stereocenters. The fraction of sp³-hybridized carbons (Fsp3) is 0.562. The number of hydrogen-bond acceptors (Lipinski definition) is 1. The molecule has 2 nitrogen and oxygen atoms in total. The summed E-state index contributed by atoms with van der Waals surface area (Å²) in [6.45, 7) is 6.17. The molecule has 2 heteroatoms. The summed E-state index contributed by atoms with van der Waals surface area (Å²) in [5, 5.41) is 9.76. The van der Waals surface area contributed by atoms with Crippen molar-refractivity contribution in [3.05, 3.63) is 34.4 Å². The molecular weight excluding hydrogens is 224 g/mol. The average Bonchev–Trinajstić information content (AvgIpc) is 2.28. The van der Waals surface area contributed by atoms with Gasteiger partial charge in [0.1, 0.15) is 0 Å². The van der Waals surface area contributed by atoms with Gasteiger partial charge >= 0.3 is 5.97 Å². The van der Waals surface area contributed by atoms with Crippen LogP contribution >= 0.6 is 0 Å². The third kappa shape index (κ3) is 2.05. The highest BCUT2D eigenvalue weighted by atomic mass is 16.4. The zero-order chi connectivity index (χ0) is 13.3. The fourth-order valence-corrected chi connectivity index (χ4v) is 3.66. The van der Waals surface area contributed by atoms with E-state index in [0.717, 1.165) is 42.4 Å². The highest BCUT2D eigenvalue weighted by Crippen LogP contribution is 2.42. The first kappa shape index (κ1) is 13.1. The van der Waals surface area contributed by atoms with Gasteiger partial charge in [0.05, 0.1) is 5.41 Å². The number of aryl methyl sites for hydroxylation is 3. The van der Waals surface area contributed by atoms with Crippen LogP contribution in [0, 0.1) is 20.8 Å². The second-order valence-electron chi connectivity index (χ2n) is 5.72. The molecule has 0 unspecified atom stereocenters. The maximum Gasteiger partial charge on any atom is 0.314 e. The van der Waals surface area contributed by atoms with Crippen molar-refractivity contribution in [1.82, 2.24) is 0 Å². The smallest absolute Gasteiger partial charge is 0.314 e. The molecule has 0 aromatic heterocycles. The van der Waals surface area contributed by atoms with E-state index in [2.05, 4.69) is 32.9 Å². The molecule has 0 amide bonds. The Labute approximate surface area is 109 Å². The van der Waals surface area contributed by atoms with Gasteiger partial charge in [0.2, 0.25) is 0 Å². The van der Waals surface area contributed by atoms with E-state index in [1.807, 2.05) is 0 Å². The molecule has 1 aromatic rings.